The normalized spacial score (nSPS) is 10.6. The first-order valence-electron chi connectivity index (χ1n) is 6.54. The number of carbonyl (C=O) groups is 1. The van der Waals surface area contributed by atoms with Crippen molar-refractivity contribution in [1.82, 2.24) is 10.1 Å². The van der Waals surface area contributed by atoms with E-state index in [1.165, 1.54) is 11.3 Å². The van der Waals surface area contributed by atoms with Crippen LogP contribution in [0, 0.1) is 6.92 Å². The van der Waals surface area contributed by atoms with Crippen LogP contribution in [0.25, 0.3) is 10.7 Å². The Kier molecular flexibility index (Phi) is 4.35. The first-order chi connectivity index (χ1) is 10.6. The van der Waals surface area contributed by atoms with Gasteiger partial charge in [0.05, 0.1) is 10.6 Å². The number of anilines is 1. The predicted molar refractivity (Wildman–Crippen MR) is 88.8 cm³/mol. The molecule has 1 amide bonds. The maximum Gasteiger partial charge on any atom is 0.236 e. The summed E-state index contributed by atoms with van der Waals surface area (Å²) in [6, 6.07) is 9.54. The van der Waals surface area contributed by atoms with Crippen LogP contribution in [0.5, 0.6) is 0 Å². The Labute approximate surface area is 139 Å². The maximum absolute atomic E-state index is 12.1. The molecule has 2 heterocycles. The van der Waals surface area contributed by atoms with Gasteiger partial charge in [-0.1, -0.05) is 17.3 Å². The van der Waals surface area contributed by atoms with Crippen molar-refractivity contribution in [2.45, 2.75) is 13.3 Å². The average molecular weight is 378 g/mol. The summed E-state index contributed by atoms with van der Waals surface area (Å²) in [5.41, 5.74) is 1.83. The molecule has 7 heteroatoms. The number of aromatic nitrogens is 2. The third kappa shape index (κ3) is 3.42. The van der Waals surface area contributed by atoms with Gasteiger partial charge in [-0.05, 0) is 52.0 Å². The molecule has 0 fully saturated rings. The summed E-state index contributed by atoms with van der Waals surface area (Å²) in [6.07, 6.45) is 0.0404. The molecule has 2 aromatic heterocycles. The molecule has 1 aromatic carbocycles. The SMILES string of the molecule is Cc1ccc(NC(=O)Cc2nc(-c3cccs3)no2)c(Br)c1. The number of halogens is 1. The molecule has 0 atom stereocenters. The van der Waals surface area contributed by atoms with E-state index >= 15 is 0 Å². The Balaban J connectivity index is 1.67. The van der Waals surface area contributed by atoms with Crippen LogP contribution in [-0.4, -0.2) is 16.0 Å². The van der Waals surface area contributed by atoms with Crippen molar-refractivity contribution in [2.75, 3.05) is 5.32 Å². The summed E-state index contributed by atoms with van der Waals surface area (Å²) in [4.78, 5) is 17.2. The lowest BCUT2D eigenvalue weighted by atomic mass is 10.2. The number of nitrogens with zero attached hydrogens (tertiary/aromatic N) is 2. The van der Waals surface area contributed by atoms with Gasteiger partial charge in [-0.3, -0.25) is 4.79 Å². The highest BCUT2D eigenvalue weighted by atomic mass is 79.9. The summed E-state index contributed by atoms with van der Waals surface area (Å²) < 4.78 is 5.96. The van der Waals surface area contributed by atoms with Crippen LogP contribution in [0.3, 0.4) is 0 Å². The fourth-order valence-electron chi connectivity index (χ4n) is 1.89. The number of thiophene rings is 1. The van der Waals surface area contributed by atoms with Crippen molar-refractivity contribution in [3.63, 3.8) is 0 Å². The van der Waals surface area contributed by atoms with E-state index in [0.717, 1.165) is 14.9 Å². The largest absolute Gasteiger partial charge is 0.338 e. The zero-order chi connectivity index (χ0) is 15.5. The molecule has 0 unspecified atom stereocenters. The number of hydrogen-bond donors (Lipinski definition) is 1. The second-order valence-electron chi connectivity index (χ2n) is 4.70. The lowest BCUT2D eigenvalue weighted by Crippen LogP contribution is -2.15. The molecule has 112 valence electrons. The fourth-order valence-corrected chi connectivity index (χ4v) is 3.13. The lowest BCUT2D eigenvalue weighted by molar-refractivity contribution is -0.115. The summed E-state index contributed by atoms with van der Waals surface area (Å²) in [5, 5.41) is 8.64. The predicted octanol–water partition coefficient (Wildman–Crippen LogP) is 4.05. The van der Waals surface area contributed by atoms with Crippen LogP contribution in [0.2, 0.25) is 0 Å². The summed E-state index contributed by atoms with van der Waals surface area (Å²) in [5.74, 6) is 0.601. The Hall–Kier alpha value is -1.99. The van der Waals surface area contributed by atoms with Crippen molar-refractivity contribution < 1.29 is 9.32 Å². The van der Waals surface area contributed by atoms with Crippen LogP contribution < -0.4 is 5.32 Å². The van der Waals surface area contributed by atoms with Crippen LogP contribution in [0.1, 0.15) is 11.5 Å². The van der Waals surface area contributed by atoms with E-state index in [0.29, 0.717) is 17.4 Å². The number of amides is 1. The van der Waals surface area contributed by atoms with Crippen LogP contribution in [0.4, 0.5) is 5.69 Å². The number of hydrogen-bond acceptors (Lipinski definition) is 5. The molecule has 1 N–H and O–H groups in total. The second kappa shape index (κ2) is 6.41. The minimum absolute atomic E-state index is 0.0404. The standard InChI is InChI=1S/C15H12BrN3O2S/c1-9-4-5-11(10(16)7-9)17-13(20)8-14-18-15(19-21-14)12-3-2-6-22-12/h2-7H,8H2,1H3,(H,17,20). The monoisotopic (exact) mass is 377 g/mol. The third-order valence-electron chi connectivity index (χ3n) is 2.92. The van der Waals surface area contributed by atoms with Gasteiger partial charge in [-0.2, -0.15) is 4.98 Å². The zero-order valence-corrected chi connectivity index (χ0v) is 14.1. The molecule has 0 aliphatic rings. The average Bonchev–Trinajstić information content (AvgIpc) is 3.12. The molecule has 22 heavy (non-hydrogen) atoms. The van der Waals surface area contributed by atoms with Gasteiger partial charge in [0, 0.05) is 4.47 Å². The zero-order valence-electron chi connectivity index (χ0n) is 11.7. The van der Waals surface area contributed by atoms with Gasteiger partial charge in [0.2, 0.25) is 17.6 Å². The van der Waals surface area contributed by atoms with Crippen molar-refractivity contribution in [3.8, 4) is 10.7 Å². The molecule has 0 spiro atoms. The van der Waals surface area contributed by atoms with E-state index in [4.69, 9.17) is 4.52 Å². The van der Waals surface area contributed by atoms with Crippen LogP contribution in [-0.2, 0) is 11.2 Å². The van der Waals surface area contributed by atoms with Gasteiger partial charge < -0.3 is 9.84 Å². The molecule has 0 aliphatic heterocycles. The highest BCUT2D eigenvalue weighted by Gasteiger charge is 2.14. The number of aryl methyl sites for hydroxylation is 1. The van der Waals surface area contributed by atoms with Crippen molar-refractivity contribution in [1.29, 1.82) is 0 Å². The molecule has 0 bridgehead atoms. The summed E-state index contributed by atoms with van der Waals surface area (Å²) in [7, 11) is 0. The lowest BCUT2D eigenvalue weighted by Gasteiger charge is -2.06. The molecule has 0 aliphatic carbocycles. The Morgan fingerprint density at radius 2 is 2.27 bits per heavy atom. The van der Waals surface area contributed by atoms with E-state index in [1.807, 2.05) is 42.6 Å². The molecule has 0 saturated heterocycles. The van der Waals surface area contributed by atoms with Crippen LogP contribution >= 0.6 is 27.3 Å². The summed E-state index contributed by atoms with van der Waals surface area (Å²) in [6.45, 7) is 1.99. The Morgan fingerprint density at radius 3 is 3.00 bits per heavy atom. The van der Waals surface area contributed by atoms with E-state index in [2.05, 4.69) is 31.4 Å². The molecular weight excluding hydrogens is 366 g/mol. The summed E-state index contributed by atoms with van der Waals surface area (Å²) >= 11 is 4.95. The van der Waals surface area contributed by atoms with Gasteiger partial charge in [0.1, 0.15) is 6.42 Å². The Morgan fingerprint density at radius 1 is 1.41 bits per heavy atom. The number of nitrogens with one attached hydrogen (secondary N) is 1. The number of carbonyl (C=O) groups excluding carboxylic acids is 1. The number of benzene rings is 1. The maximum atomic E-state index is 12.1. The quantitative estimate of drug-likeness (QED) is 0.744. The van der Waals surface area contributed by atoms with E-state index in [1.54, 1.807) is 0 Å². The highest BCUT2D eigenvalue weighted by molar-refractivity contribution is 9.10. The molecule has 0 radical (unpaired) electrons. The second-order valence-corrected chi connectivity index (χ2v) is 6.50. The first-order valence-corrected chi connectivity index (χ1v) is 8.21. The van der Waals surface area contributed by atoms with E-state index in [-0.39, 0.29) is 12.3 Å². The van der Waals surface area contributed by atoms with Gasteiger partial charge in [0.15, 0.2) is 0 Å². The van der Waals surface area contributed by atoms with Crippen LogP contribution in [0.15, 0.2) is 44.7 Å². The molecule has 3 aromatic rings. The first kappa shape index (κ1) is 14.9. The smallest absolute Gasteiger partial charge is 0.236 e. The van der Waals surface area contributed by atoms with Gasteiger partial charge >= 0.3 is 0 Å². The van der Waals surface area contributed by atoms with E-state index < -0.39 is 0 Å². The minimum atomic E-state index is -0.203. The minimum Gasteiger partial charge on any atom is -0.338 e. The third-order valence-corrected chi connectivity index (χ3v) is 4.44. The Bertz CT molecular complexity index is 799. The molecule has 0 saturated carbocycles. The van der Waals surface area contributed by atoms with Gasteiger partial charge in [-0.25, -0.2) is 0 Å². The van der Waals surface area contributed by atoms with Crippen molar-refractivity contribution in [2.24, 2.45) is 0 Å². The van der Waals surface area contributed by atoms with Gasteiger partial charge in [0.25, 0.3) is 0 Å². The van der Waals surface area contributed by atoms with E-state index in [9.17, 15) is 4.79 Å². The number of rotatable bonds is 4. The van der Waals surface area contributed by atoms with Gasteiger partial charge in [-0.15, -0.1) is 11.3 Å². The highest BCUT2D eigenvalue weighted by Crippen LogP contribution is 2.24. The fraction of sp³-hybridized carbons (Fsp3) is 0.133. The molecular formula is C15H12BrN3O2S. The van der Waals surface area contributed by atoms with Crippen molar-refractivity contribution in [3.05, 3.63) is 51.6 Å². The molecule has 3 rings (SSSR count). The van der Waals surface area contributed by atoms with Crippen molar-refractivity contribution >= 4 is 38.9 Å². The molecule has 5 nitrogen and oxygen atoms in total. The topological polar surface area (TPSA) is 68.0 Å².